The first-order valence-electron chi connectivity index (χ1n) is 10.5. The van der Waals surface area contributed by atoms with Gasteiger partial charge in [-0.15, -0.1) is 5.10 Å². The van der Waals surface area contributed by atoms with E-state index in [0.29, 0.717) is 13.0 Å². The Morgan fingerprint density at radius 1 is 1.21 bits per heavy atom. The summed E-state index contributed by atoms with van der Waals surface area (Å²) in [6.45, 7) is 6.02. The number of piperidine rings is 1. The zero-order valence-electron chi connectivity index (χ0n) is 16.7. The number of aryl methyl sites for hydroxylation is 2. The fraction of sp³-hybridized carbons (Fsp3) is 0.619. The Labute approximate surface area is 166 Å². The lowest BCUT2D eigenvalue weighted by molar-refractivity contribution is -0.122. The molecule has 28 heavy (non-hydrogen) atoms. The van der Waals surface area contributed by atoms with Crippen molar-refractivity contribution in [2.45, 2.75) is 64.6 Å². The number of nitrogens with zero attached hydrogens (tertiary/aromatic N) is 5. The maximum Gasteiger partial charge on any atom is 0.220 e. The van der Waals surface area contributed by atoms with Gasteiger partial charge in [-0.3, -0.25) is 9.69 Å². The van der Waals surface area contributed by atoms with Crippen molar-refractivity contribution in [2.75, 3.05) is 13.1 Å². The summed E-state index contributed by atoms with van der Waals surface area (Å²) in [5.41, 5.74) is 2.63. The molecule has 4 rings (SSSR count). The highest BCUT2D eigenvalue weighted by molar-refractivity contribution is 5.76. The minimum atomic E-state index is 0.112. The maximum absolute atomic E-state index is 12.4. The quantitative estimate of drug-likeness (QED) is 0.796. The molecule has 2 aromatic rings. The summed E-state index contributed by atoms with van der Waals surface area (Å²) in [5.74, 6) is 1.83. The summed E-state index contributed by atoms with van der Waals surface area (Å²) in [7, 11) is 0. The van der Waals surface area contributed by atoms with E-state index in [4.69, 9.17) is 0 Å². The van der Waals surface area contributed by atoms with Crippen molar-refractivity contribution in [3.8, 4) is 0 Å². The van der Waals surface area contributed by atoms with Gasteiger partial charge in [0.25, 0.3) is 0 Å². The second-order valence-electron chi connectivity index (χ2n) is 8.24. The van der Waals surface area contributed by atoms with E-state index < -0.39 is 0 Å². The van der Waals surface area contributed by atoms with E-state index in [1.165, 1.54) is 24.0 Å². The molecule has 2 heterocycles. The highest BCUT2D eigenvalue weighted by Crippen LogP contribution is 2.30. The molecule has 1 fully saturated rings. The van der Waals surface area contributed by atoms with Gasteiger partial charge in [-0.25, -0.2) is 4.68 Å². The fourth-order valence-corrected chi connectivity index (χ4v) is 4.29. The largest absolute Gasteiger partial charge is 0.349 e. The summed E-state index contributed by atoms with van der Waals surface area (Å²) < 4.78 is 1.86. The van der Waals surface area contributed by atoms with Crippen molar-refractivity contribution in [1.82, 2.24) is 30.4 Å². The summed E-state index contributed by atoms with van der Waals surface area (Å²) >= 11 is 0. The van der Waals surface area contributed by atoms with Gasteiger partial charge < -0.3 is 5.32 Å². The van der Waals surface area contributed by atoms with E-state index in [-0.39, 0.29) is 11.9 Å². The molecule has 1 N–H and O–H groups in total. The first-order chi connectivity index (χ1) is 13.7. The minimum Gasteiger partial charge on any atom is -0.349 e. The molecule has 1 saturated heterocycles. The van der Waals surface area contributed by atoms with Gasteiger partial charge in [0.2, 0.25) is 5.91 Å². The van der Waals surface area contributed by atoms with Gasteiger partial charge in [-0.1, -0.05) is 31.2 Å². The molecule has 0 saturated carbocycles. The summed E-state index contributed by atoms with van der Waals surface area (Å²) in [5, 5.41) is 15.4. The number of carbonyl (C=O) groups is 1. The first kappa shape index (κ1) is 19.1. The number of aromatic nitrogens is 4. The third-order valence-electron chi connectivity index (χ3n) is 6.09. The Morgan fingerprint density at radius 3 is 2.89 bits per heavy atom. The number of hydrogen-bond donors (Lipinski definition) is 1. The Kier molecular flexibility index (Phi) is 6.00. The highest BCUT2D eigenvalue weighted by atomic mass is 16.1. The molecule has 1 aromatic heterocycles. The van der Waals surface area contributed by atoms with Crippen LogP contribution in [0.3, 0.4) is 0 Å². The number of carbonyl (C=O) groups excluding carboxylic acids is 1. The van der Waals surface area contributed by atoms with Crippen LogP contribution < -0.4 is 5.32 Å². The number of benzene rings is 1. The van der Waals surface area contributed by atoms with Crippen LogP contribution in [-0.2, 0) is 24.3 Å². The van der Waals surface area contributed by atoms with Crippen LogP contribution in [0.1, 0.15) is 62.0 Å². The molecule has 1 unspecified atom stereocenters. The fourth-order valence-electron chi connectivity index (χ4n) is 4.29. The average Bonchev–Trinajstić information content (AvgIpc) is 3.31. The standard InChI is InChI=1S/C21H30N6O/c1-16-10-13-26(14-11-16)15-20-23-24-25-27(20)12-4-7-21(28)22-19-9-8-17-5-2-3-6-18(17)19/h2-3,5-6,16,19H,4,7-15H2,1H3,(H,22,28). The van der Waals surface area contributed by atoms with Crippen LogP contribution in [0, 0.1) is 5.92 Å². The molecule has 2 aliphatic rings. The number of rotatable bonds is 7. The van der Waals surface area contributed by atoms with E-state index in [1.807, 2.05) is 10.7 Å². The van der Waals surface area contributed by atoms with Crippen LogP contribution in [0.15, 0.2) is 24.3 Å². The second kappa shape index (κ2) is 8.82. The third-order valence-corrected chi connectivity index (χ3v) is 6.09. The van der Waals surface area contributed by atoms with Crippen LogP contribution in [0.2, 0.25) is 0 Å². The number of likely N-dealkylation sites (tertiary alicyclic amines) is 1. The average molecular weight is 383 g/mol. The topological polar surface area (TPSA) is 75.9 Å². The zero-order valence-corrected chi connectivity index (χ0v) is 16.7. The van der Waals surface area contributed by atoms with Gasteiger partial charge in [0.05, 0.1) is 12.6 Å². The van der Waals surface area contributed by atoms with Crippen LogP contribution in [-0.4, -0.2) is 44.1 Å². The predicted molar refractivity (Wildman–Crippen MR) is 106 cm³/mol. The molecular formula is C21H30N6O. The smallest absolute Gasteiger partial charge is 0.220 e. The molecule has 1 aliphatic heterocycles. The van der Waals surface area contributed by atoms with Gasteiger partial charge in [0.1, 0.15) is 0 Å². The lowest BCUT2D eigenvalue weighted by Crippen LogP contribution is -2.33. The SMILES string of the molecule is CC1CCN(Cc2nnnn2CCCC(=O)NC2CCc3ccccc32)CC1. The third kappa shape index (κ3) is 4.58. The lowest BCUT2D eigenvalue weighted by Gasteiger charge is -2.29. The summed E-state index contributed by atoms with van der Waals surface area (Å²) in [6.07, 6.45) is 5.77. The molecular weight excluding hydrogens is 352 g/mol. The van der Waals surface area contributed by atoms with E-state index in [1.54, 1.807) is 0 Å². The van der Waals surface area contributed by atoms with Crippen LogP contribution in [0.25, 0.3) is 0 Å². The van der Waals surface area contributed by atoms with Crippen molar-refractivity contribution in [1.29, 1.82) is 0 Å². The molecule has 0 radical (unpaired) electrons. The molecule has 1 aliphatic carbocycles. The Morgan fingerprint density at radius 2 is 2.04 bits per heavy atom. The van der Waals surface area contributed by atoms with Gasteiger partial charge >= 0.3 is 0 Å². The number of amides is 1. The molecule has 7 nitrogen and oxygen atoms in total. The molecule has 1 amide bonds. The van der Waals surface area contributed by atoms with Crippen LogP contribution in [0.4, 0.5) is 0 Å². The van der Waals surface area contributed by atoms with E-state index in [0.717, 1.165) is 50.6 Å². The molecule has 1 atom stereocenters. The van der Waals surface area contributed by atoms with Crippen molar-refractivity contribution >= 4 is 5.91 Å². The Balaban J connectivity index is 1.22. The number of fused-ring (bicyclic) bond motifs is 1. The summed E-state index contributed by atoms with van der Waals surface area (Å²) in [6, 6.07) is 8.56. The second-order valence-corrected chi connectivity index (χ2v) is 8.24. The number of nitrogens with one attached hydrogen (secondary N) is 1. The number of tetrazole rings is 1. The van der Waals surface area contributed by atoms with E-state index >= 15 is 0 Å². The zero-order chi connectivity index (χ0) is 19.3. The van der Waals surface area contributed by atoms with Crippen LogP contribution in [0.5, 0.6) is 0 Å². The molecule has 0 spiro atoms. The predicted octanol–water partition coefficient (Wildman–Crippen LogP) is 2.49. The van der Waals surface area contributed by atoms with Gasteiger partial charge in [0.15, 0.2) is 5.82 Å². The van der Waals surface area contributed by atoms with E-state index in [2.05, 4.69) is 50.9 Å². The van der Waals surface area contributed by atoms with Crippen molar-refractivity contribution in [3.05, 3.63) is 41.2 Å². The van der Waals surface area contributed by atoms with Gasteiger partial charge in [-0.05, 0) is 72.7 Å². The molecule has 0 bridgehead atoms. The minimum absolute atomic E-state index is 0.112. The highest BCUT2D eigenvalue weighted by Gasteiger charge is 2.23. The maximum atomic E-state index is 12.4. The van der Waals surface area contributed by atoms with Crippen molar-refractivity contribution in [3.63, 3.8) is 0 Å². The monoisotopic (exact) mass is 382 g/mol. The van der Waals surface area contributed by atoms with Gasteiger partial charge in [-0.2, -0.15) is 0 Å². The number of hydrogen-bond acceptors (Lipinski definition) is 5. The van der Waals surface area contributed by atoms with Crippen molar-refractivity contribution in [2.24, 2.45) is 5.92 Å². The summed E-state index contributed by atoms with van der Waals surface area (Å²) in [4.78, 5) is 14.8. The Hall–Kier alpha value is -2.28. The normalized spacial score (nSPS) is 20.2. The molecule has 1 aromatic carbocycles. The Bertz CT molecular complexity index is 796. The van der Waals surface area contributed by atoms with Crippen LogP contribution >= 0.6 is 0 Å². The first-order valence-corrected chi connectivity index (χ1v) is 10.5. The lowest BCUT2D eigenvalue weighted by atomic mass is 9.99. The van der Waals surface area contributed by atoms with Gasteiger partial charge in [0, 0.05) is 13.0 Å². The van der Waals surface area contributed by atoms with Crippen molar-refractivity contribution < 1.29 is 4.79 Å². The van der Waals surface area contributed by atoms with E-state index in [9.17, 15) is 4.79 Å². The molecule has 150 valence electrons. The molecule has 7 heteroatoms.